The van der Waals surface area contributed by atoms with Crippen molar-refractivity contribution in [2.24, 2.45) is 0 Å². The Balaban J connectivity index is 2.16. The monoisotopic (exact) mass is 370 g/mol. The van der Waals surface area contributed by atoms with Gasteiger partial charge < -0.3 is 10.6 Å². The van der Waals surface area contributed by atoms with Gasteiger partial charge in [-0.25, -0.2) is 0 Å². The van der Waals surface area contributed by atoms with E-state index in [-0.39, 0.29) is 11.4 Å². The van der Waals surface area contributed by atoms with Gasteiger partial charge in [-0.05, 0) is 31.9 Å². The predicted molar refractivity (Wildman–Crippen MR) is 102 cm³/mol. The van der Waals surface area contributed by atoms with Gasteiger partial charge in [0.05, 0.1) is 15.5 Å². The molecular formula is C18H18N4O5. The van der Waals surface area contributed by atoms with E-state index in [4.69, 9.17) is 0 Å². The molecule has 0 aromatic heterocycles. The van der Waals surface area contributed by atoms with Gasteiger partial charge in [0.15, 0.2) is 0 Å². The van der Waals surface area contributed by atoms with E-state index < -0.39 is 15.8 Å². The van der Waals surface area contributed by atoms with Crippen molar-refractivity contribution < 1.29 is 14.6 Å². The van der Waals surface area contributed by atoms with E-state index >= 15 is 0 Å². The molecule has 27 heavy (non-hydrogen) atoms. The maximum atomic E-state index is 12.2. The number of anilines is 2. The first-order chi connectivity index (χ1) is 12.7. The zero-order chi connectivity index (χ0) is 20.1. The second kappa shape index (κ2) is 8.09. The van der Waals surface area contributed by atoms with E-state index in [1.165, 1.54) is 30.3 Å². The summed E-state index contributed by atoms with van der Waals surface area (Å²) in [6, 6.07) is 8.59. The molecule has 2 rings (SSSR count). The van der Waals surface area contributed by atoms with Crippen molar-refractivity contribution >= 4 is 28.7 Å². The molecule has 9 heteroatoms. The van der Waals surface area contributed by atoms with Gasteiger partial charge >= 0.3 is 0 Å². The molecule has 9 nitrogen and oxygen atoms in total. The summed E-state index contributed by atoms with van der Waals surface area (Å²) in [4.78, 5) is 32.9. The number of nitro benzene ring substituents is 2. The lowest BCUT2D eigenvalue weighted by molar-refractivity contribution is -0.385. The fourth-order valence-corrected chi connectivity index (χ4v) is 2.33. The Labute approximate surface area is 155 Å². The van der Waals surface area contributed by atoms with Crippen molar-refractivity contribution in [1.29, 1.82) is 0 Å². The third kappa shape index (κ3) is 5.11. The lowest BCUT2D eigenvalue weighted by atomic mass is 10.1. The smallest absolute Gasteiger partial charge is 0.271 e. The fourth-order valence-electron chi connectivity index (χ4n) is 2.33. The number of amides is 1. The minimum absolute atomic E-state index is 0.0624. The Morgan fingerprint density at radius 3 is 1.78 bits per heavy atom. The van der Waals surface area contributed by atoms with Gasteiger partial charge in [-0.3, -0.25) is 25.0 Å². The summed E-state index contributed by atoms with van der Waals surface area (Å²) in [5, 5.41) is 27.3. The molecule has 0 saturated carbocycles. The van der Waals surface area contributed by atoms with Crippen LogP contribution in [0, 0.1) is 34.1 Å². The average Bonchev–Trinajstić information content (AvgIpc) is 2.58. The molecule has 0 radical (unpaired) electrons. The van der Waals surface area contributed by atoms with Crippen LogP contribution in [0.15, 0.2) is 48.2 Å². The number of nitrogens with one attached hydrogen (secondary N) is 2. The average molecular weight is 370 g/mol. The number of rotatable bonds is 6. The largest absolute Gasteiger partial charge is 0.359 e. The molecule has 2 aromatic carbocycles. The summed E-state index contributed by atoms with van der Waals surface area (Å²) >= 11 is 0. The zero-order valence-corrected chi connectivity index (χ0v) is 15.0. The number of hydrogen-bond donors (Lipinski definition) is 2. The molecule has 1 amide bonds. The van der Waals surface area contributed by atoms with E-state index in [0.29, 0.717) is 22.6 Å². The van der Waals surface area contributed by atoms with Crippen LogP contribution in [-0.4, -0.2) is 15.8 Å². The molecule has 2 aromatic rings. The van der Waals surface area contributed by atoms with Crippen molar-refractivity contribution in [3.05, 3.63) is 79.5 Å². The summed E-state index contributed by atoms with van der Waals surface area (Å²) in [7, 11) is 0. The predicted octanol–water partition coefficient (Wildman–Crippen LogP) is 4.07. The van der Waals surface area contributed by atoms with Crippen molar-refractivity contribution in [3.8, 4) is 0 Å². The van der Waals surface area contributed by atoms with Crippen molar-refractivity contribution in [1.82, 2.24) is 0 Å². The fraction of sp³-hybridized carbons (Fsp3) is 0.167. The van der Waals surface area contributed by atoms with Crippen LogP contribution in [0.5, 0.6) is 0 Å². The van der Waals surface area contributed by atoms with Crippen molar-refractivity contribution in [2.75, 3.05) is 10.6 Å². The van der Waals surface area contributed by atoms with Crippen LogP contribution in [-0.2, 0) is 4.79 Å². The minimum atomic E-state index is -0.539. The van der Waals surface area contributed by atoms with Crippen LogP contribution < -0.4 is 10.6 Å². The summed E-state index contributed by atoms with van der Waals surface area (Å²) in [5.74, 6) is -0.480. The number of carbonyl (C=O) groups is 1. The SMILES string of the molecule is CC(=CC(=O)Nc1cc([N+](=O)[O-])ccc1C)Nc1cc([N+](=O)[O-])ccc1C. The Morgan fingerprint density at radius 2 is 1.33 bits per heavy atom. The molecule has 2 N–H and O–H groups in total. The van der Waals surface area contributed by atoms with Crippen LogP contribution in [0.1, 0.15) is 18.1 Å². The Hall–Kier alpha value is -3.75. The molecular weight excluding hydrogens is 352 g/mol. The summed E-state index contributed by atoms with van der Waals surface area (Å²) < 4.78 is 0. The molecule has 140 valence electrons. The normalized spacial score (nSPS) is 11.0. The van der Waals surface area contributed by atoms with Gasteiger partial charge in [0.25, 0.3) is 11.4 Å². The number of benzene rings is 2. The highest BCUT2D eigenvalue weighted by atomic mass is 16.6. The summed E-state index contributed by atoms with van der Waals surface area (Å²) in [5.41, 5.74) is 2.58. The molecule has 0 heterocycles. The first-order valence-corrected chi connectivity index (χ1v) is 7.94. The molecule has 0 saturated heterocycles. The second-order valence-electron chi connectivity index (χ2n) is 5.95. The van der Waals surface area contributed by atoms with E-state index in [9.17, 15) is 25.0 Å². The maximum Gasteiger partial charge on any atom is 0.271 e. The van der Waals surface area contributed by atoms with Crippen LogP contribution >= 0.6 is 0 Å². The third-order valence-corrected chi connectivity index (χ3v) is 3.80. The first-order valence-electron chi connectivity index (χ1n) is 7.94. The standard InChI is InChI=1S/C18H18N4O5/c1-11-4-6-14(21(24)25)9-16(11)19-13(3)8-18(23)20-17-10-15(22(26)27)7-5-12(17)2/h4-10,19H,1-3H3,(H,20,23). The van der Waals surface area contributed by atoms with E-state index in [0.717, 1.165) is 5.56 Å². The number of carbonyl (C=O) groups excluding carboxylic acids is 1. The highest BCUT2D eigenvalue weighted by Gasteiger charge is 2.11. The molecule has 0 unspecified atom stereocenters. The van der Waals surface area contributed by atoms with Crippen molar-refractivity contribution in [3.63, 3.8) is 0 Å². The quantitative estimate of drug-likeness (QED) is 0.448. The number of nitro groups is 2. The highest BCUT2D eigenvalue weighted by Crippen LogP contribution is 2.24. The van der Waals surface area contributed by atoms with Gasteiger partial charge in [-0.15, -0.1) is 0 Å². The molecule has 0 atom stereocenters. The first kappa shape index (κ1) is 19.6. The Kier molecular flexibility index (Phi) is 5.86. The van der Waals surface area contributed by atoms with E-state index in [1.54, 1.807) is 32.9 Å². The second-order valence-corrected chi connectivity index (χ2v) is 5.95. The third-order valence-electron chi connectivity index (χ3n) is 3.80. The van der Waals surface area contributed by atoms with Gasteiger partial charge in [-0.2, -0.15) is 0 Å². The number of hydrogen-bond acceptors (Lipinski definition) is 6. The van der Waals surface area contributed by atoms with E-state index in [1.807, 2.05) is 0 Å². The van der Waals surface area contributed by atoms with Gasteiger partial charge in [0, 0.05) is 41.7 Å². The molecule has 0 aliphatic rings. The summed E-state index contributed by atoms with van der Waals surface area (Å²) in [6.07, 6.45) is 1.27. The minimum Gasteiger partial charge on any atom is -0.359 e. The molecule has 0 spiro atoms. The topological polar surface area (TPSA) is 127 Å². The van der Waals surface area contributed by atoms with Crippen LogP contribution in [0.3, 0.4) is 0 Å². The van der Waals surface area contributed by atoms with Crippen LogP contribution in [0.2, 0.25) is 0 Å². The Bertz CT molecular complexity index is 953. The lowest BCUT2D eigenvalue weighted by Crippen LogP contribution is -2.12. The van der Waals surface area contributed by atoms with Gasteiger partial charge in [0.2, 0.25) is 5.91 Å². The Morgan fingerprint density at radius 1 is 0.889 bits per heavy atom. The maximum absolute atomic E-state index is 12.2. The summed E-state index contributed by atoms with van der Waals surface area (Å²) in [6.45, 7) is 5.14. The van der Waals surface area contributed by atoms with Gasteiger partial charge in [-0.1, -0.05) is 12.1 Å². The van der Waals surface area contributed by atoms with Crippen LogP contribution in [0.25, 0.3) is 0 Å². The number of aryl methyl sites for hydroxylation is 2. The highest BCUT2D eigenvalue weighted by molar-refractivity contribution is 6.00. The van der Waals surface area contributed by atoms with Crippen LogP contribution in [0.4, 0.5) is 22.7 Å². The number of allylic oxidation sites excluding steroid dienone is 1. The lowest BCUT2D eigenvalue weighted by Gasteiger charge is -2.10. The molecule has 0 aliphatic carbocycles. The molecule has 0 fully saturated rings. The number of nitrogens with zero attached hydrogens (tertiary/aromatic N) is 2. The molecule has 0 aliphatic heterocycles. The van der Waals surface area contributed by atoms with Crippen molar-refractivity contribution in [2.45, 2.75) is 20.8 Å². The number of non-ortho nitro benzene ring substituents is 2. The van der Waals surface area contributed by atoms with E-state index in [2.05, 4.69) is 10.6 Å². The zero-order valence-electron chi connectivity index (χ0n) is 15.0. The molecule has 0 bridgehead atoms. The van der Waals surface area contributed by atoms with Gasteiger partial charge in [0.1, 0.15) is 0 Å².